The highest BCUT2D eigenvalue weighted by atomic mass is 127. The summed E-state index contributed by atoms with van der Waals surface area (Å²) in [5, 5.41) is 6.53. The number of nitrogens with zero attached hydrogens (tertiary/aromatic N) is 2. The van der Waals surface area contributed by atoms with Crippen LogP contribution in [0.1, 0.15) is 18.5 Å². The fourth-order valence-corrected chi connectivity index (χ4v) is 2.72. The molecule has 0 radical (unpaired) electrons. The fourth-order valence-electron chi connectivity index (χ4n) is 2.15. The zero-order valence-corrected chi connectivity index (χ0v) is 16.7. The van der Waals surface area contributed by atoms with Crippen LogP contribution in [-0.4, -0.2) is 42.4 Å². The van der Waals surface area contributed by atoms with Crippen molar-refractivity contribution in [3.05, 3.63) is 33.8 Å². The van der Waals surface area contributed by atoms with Gasteiger partial charge in [-0.25, -0.2) is 4.79 Å². The van der Waals surface area contributed by atoms with Crippen LogP contribution in [0.2, 0.25) is 10.0 Å². The number of benzene rings is 1. The molecule has 1 heterocycles. The van der Waals surface area contributed by atoms with Crippen LogP contribution in [0.25, 0.3) is 0 Å². The van der Waals surface area contributed by atoms with Crippen LogP contribution in [0.5, 0.6) is 0 Å². The Kier molecular flexibility index (Phi) is 8.04. The second-order valence-corrected chi connectivity index (χ2v) is 5.85. The van der Waals surface area contributed by atoms with Gasteiger partial charge in [-0.05, 0) is 24.6 Å². The van der Waals surface area contributed by atoms with Crippen LogP contribution < -0.4 is 16.4 Å². The van der Waals surface area contributed by atoms with E-state index in [0.717, 1.165) is 10.5 Å². The number of hydrogen-bond donors (Lipinski definition) is 3. The minimum Gasteiger partial charge on any atom is -0.370 e. The third-order valence-corrected chi connectivity index (χ3v) is 3.90. The lowest BCUT2D eigenvalue weighted by molar-refractivity contribution is -0.124. The fraction of sp³-hybridized carbons (Fsp3) is 0.357. The van der Waals surface area contributed by atoms with E-state index in [1.807, 2.05) is 13.0 Å². The molecule has 1 aliphatic heterocycles. The van der Waals surface area contributed by atoms with E-state index in [-0.39, 0.29) is 61.5 Å². The van der Waals surface area contributed by atoms with E-state index in [0.29, 0.717) is 10.0 Å². The maximum Gasteiger partial charge on any atom is 0.324 e. The average molecular weight is 486 g/mol. The molecule has 10 heteroatoms. The number of carbonyl (C=O) groups is 2. The lowest BCUT2D eigenvalue weighted by Crippen LogP contribution is -2.36. The molecule has 7 nitrogen and oxygen atoms in total. The molecule has 1 saturated heterocycles. The van der Waals surface area contributed by atoms with E-state index in [1.54, 1.807) is 12.1 Å². The molecule has 3 amide bonds. The van der Waals surface area contributed by atoms with Gasteiger partial charge in [0.05, 0.1) is 25.7 Å². The van der Waals surface area contributed by atoms with Crippen LogP contribution in [0.4, 0.5) is 4.79 Å². The van der Waals surface area contributed by atoms with Crippen molar-refractivity contribution >= 4 is 65.1 Å². The summed E-state index contributed by atoms with van der Waals surface area (Å²) in [7, 11) is 0. The molecular formula is C14H18Cl2IN5O2. The molecule has 4 N–H and O–H groups in total. The monoisotopic (exact) mass is 485 g/mol. The van der Waals surface area contributed by atoms with E-state index < -0.39 is 6.03 Å². The van der Waals surface area contributed by atoms with E-state index in [9.17, 15) is 9.59 Å². The molecule has 1 atom stereocenters. The molecule has 1 fully saturated rings. The molecule has 0 saturated carbocycles. The van der Waals surface area contributed by atoms with Crippen molar-refractivity contribution in [2.75, 3.05) is 19.6 Å². The Morgan fingerprint density at radius 2 is 2.17 bits per heavy atom. The van der Waals surface area contributed by atoms with Gasteiger partial charge in [0.15, 0.2) is 5.96 Å². The first-order chi connectivity index (χ1) is 10.9. The zero-order valence-electron chi connectivity index (χ0n) is 12.9. The molecule has 2 rings (SSSR count). The summed E-state index contributed by atoms with van der Waals surface area (Å²) in [5.41, 5.74) is 6.65. The predicted octanol–water partition coefficient (Wildman–Crippen LogP) is 2.13. The lowest BCUT2D eigenvalue weighted by Gasteiger charge is -2.17. The standard InChI is InChI=1S/C14H17Cl2N5O2.HI/c1-8(10-3-2-9(15)6-11(10)16)20-13(17)18-4-5-21-12(22)7-19-14(21)23;/h2-3,6,8H,4-5,7H2,1H3,(H,19,23)(H3,17,18,20);1H. The van der Waals surface area contributed by atoms with E-state index >= 15 is 0 Å². The van der Waals surface area contributed by atoms with Crippen LogP contribution in [-0.2, 0) is 4.79 Å². The van der Waals surface area contributed by atoms with Crippen LogP contribution in [0, 0.1) is 0 Å². The van der Waals surface area contributed by atoms with Crippen molar-refractivity contribution in [3.8, 4) is 0 Å². The van der Waals surface area contributed by atoms with Gasteiger partial charge in [-0.2, -0.15) is 0 Å². The maximum atomic E-state index is 11.4. The van der Waals surface area contributed by atoms with Crippen molar-refractivity contribution in [1.82, 2.24) is 15.5 Å². The molecule has 1 unspecified atom stereocenters. The average Bonchev–Trinajstić information content (AvgIpc) is 2.78. The van der Waals surface area contributed by atoms with E-state index in [1.165, 1.54) is 0 Å². The molecule has 0 aromatic heterocycles. The highest BCUT2D eigenvalue weighted by Crippen LogP contribution is 2.25. The van der Waals surface area contributed by atoms with Gasteiger partial charge in [-0.1, -0.05) is 29.3 Å². The van der Waals surface area contributed by atoms with Gasteiger partial charge < -0.3 is 16.4 Å². The molecule has 1 aromatic carbocycles. The number of nitrogens with one attached hydrogen (secondary N) is 2. The second-order valence-electron chi connectivity index (χ2n) is 5.00. The SMILES string of the molecule is CC(NC(N)=NCCN1C(=O)CNC1=O)c1ccc(Cl)cc1Cl.I. The Balaban J connectivity index is 0.00000288. The summed E-state index contributed by atoms with van der Waals surface area (Å²) in [4.78, 5) is 28.0. The van der Waals surface area contributed by atoms with E-state index in [4.69, 9.17) is 28.9 Å². The number of halogens is 3. The number of aliphatic imine (C=N–C) groups is 1. The first-order valence-electron chi connectivity index (χ1n) is 6.98. The van der Waals surface area contributed by atoms with Crippen LogP contribution >= 0.6 is 47.2 Å². The summed E-state index contributed by atoms with van der Waals surface area (Å²) in [6, 6.07) is 4.63. The normalized spacial score (nSPS) is 15.8. The first-order valence-corrected chi connectivity index (χ1v) is 7.73. The number of imide groups is 1. The number of urea groups is 1. The second kappa shape index (κ2) is 9.28. The molecule has 24 heavy (non-hydrogen) atoms. The smallest absolute Gasteiger partial charge is 0.324 e. The summed E-state index contributed by atoms with van der Waals surface area (Å²) in [6.45, 7) is 2.32. The Labute approximate surface area is 167 Å². The maximum absolute atomic E-state index is 11.4. The highest BCUT2D eigenvalue weighted by molar-refractivity contribution is 14.0. The van der Waals surface area contributed by atoms with Crippen molar-refractivity contribution in [2.24, 2.45) is 10.7 Å². The largest absolute Gasteiger partial charge is 0.370 e. The van der Waals surface area contributed by atoms with Crippen LogP contribution in [0.15, 0.2) is 23.2 Å². The summed E-state index contributed by atoms with van der Waals surface area (Å²) < 4.78 is 0. The number of nitrogens with two attached hydrogens (primary N) is 1. The van der Waals surface area contributed by atoms with Gasteiger partial charge >= 0.3 is 6.03 Å². The number of amides is 3. The van der Waals surface area contributed by atoms with Crippen molar-refractivity contribution in [2.45, 2.75) is 13.0 Å². The Morgan fingerprint density at radius 3 is 2.75 bits per heavy atom. The Hall–Kier alpha value is -1.26. The predicted molar refractivity (Wildman–Crippen MR) is 105 cm³/mol. The number of carbonyl (C=O) groups excluding carboxylic acids is 2. The summed E-state index contributed by atoms with van der Waals surface area (Å²) >= 11 is 12.0. The molecule has 132 valence electrons. The quantitative estimate of drug-likeness (QED) is 0.257. The van der Waals surface area contributed by atoms with Gasteiger partial charge in [0.1, 0.15) is 0 Å². The van der Waals surface area contributed by atoms with Gasteiger partial charge in [0, 0.05) is 10.0 Å². The number of rotatable bonds is 5. The van der Waals surface area contributed by atoms with Crippen molar-refractivity contribution in [3.63, 3.8) is 0 Å². The van der Waals surface area contributed by atoms with Crippen molar-refractivity contribution in [1.29, 1.82) is 0 Å². The van der Waals surface area contributed by atoms with Gasteiger partial charge in [-0.3, -0.25) is 14.7 Å². The third-order valence-electron chi connectivity index (χ3n) is 3.34. The molecule has 1 aromatic rings. The van der Waals surface area contributed by atoms with Gasteiger partial charge in [0.2, 0.25) is 5.91 Å². The molecule has 0 bridgehead atoms. The van der Waals surface area contributed by atoms with Gasteiger partial charge in [-0.15, -0.1) is 24.0 Å². The number of guanidine groups is 1. The summed E-state index contributed by atoms with van der Waals surface area (Å²) in [6.07, 6.45) is 0. The minimum absolute atomic E-state index is 0. The lowest BCUT2D eigenvalue weighted by atomic mass is 10.1. The molecule has 1 aliphatic rings. The zero-order chi connectivity index (χ0) is 17.0. The molecular weight excluding hydrogens is 468 g/mol. The Bertz CT molecular complexity index is 640. The van der Waals surface area contributed by atoms with E-state index in [2.05, 4.69) is 15.6 Å². The Morgan fingerprint density at radius 1 is 1.46 bits per heavy atom. The molecule has 0 spiro atoms. The number of hydrogen-bond acceptors (Lipinski definition) is 3. The van der Waals surface area contributed by atoms with Crippen LogP contribution in [0.3, 0.4) is 0 Å². The summed E-state index contributed by atoms with van der Waals surface area (Å²) in [5.74, 6) is -0.0615. The van der Waals surface area contributed by atoms with Crippen molar-refractivity contribution < 1.29 is 9.59 Å². The minimum atomic E-state index is -0.405. The van der Waals surface area contributed by atoms with Gasteiger partial charge in [0.25, 0.3) is 0 Å². The highest BCUT2D eigenvalue weighted by Gasteiger charge is 2.27. The first kappa shape index (κ1) is 20.8. The molecule has 0 aliphatic carbocycles. The third kappa shape index (κ3) is 5.38. The topological polar surface area (TPSA) is 99.8 Å².